The second-order valence-corrected chi connectivity index (χ2v) is 4.62. The largest absolute Gasteiger partial charge is 0.496 e. The second kappa shape index (κ2) is 5.35. The molecule has 1 aliphatic carbocycles. The summed E-state index contributed by atoms with van der Waals surface area (Å²) < 4.78 is 5.46. The van der Waals surface area contributed by atoms with Crippen molar-refractivity contribution in [2.75, 3.05) is 7.11 Å². The zero-order valence-electron chi connectivity index (χ0n) is 10.0. The average molecular weight is 219 g/mol. The van der Waals surface area contributed by atoms with Gasteiger partial charge >= 0.3 is 0 Å². The Balaban J connectivity index is 2.27. The lowest BCUT2D eigenvalue weighted by molar-refractivity contribution is 0.387. The SMILES string of the molecule is COc1ccc(CN)cc1C1CCCCC1. The van der Waals surface area contributed by atoms with Gasteiger partial charge in [0.15, 0.2) is 0 Å². The van der Waals surface area contributed by atoms with E-state index in [0.29, 0.717) is 12.5 Å². The summed E-state index contributed by atoms with van der Waals surface area (Å²) in [5.41, 5.74) is 8.27. The van der Waals surface area contributed by atoms with Crippen LogP contribution in [0.3, 0.4) is 0 Å². The van der Waals surface area contributed by atoms with Crippen molar-refractivity contribution in [3.8, 4) is 5.75 Å². The molecule has 1 fully saturated rings. The predicted octanol–water partition coefficient (Wildman–Crippen LogP) is 3.20. The van der Waals surface area contributed by atoms with E-state index in [9.17, 15) is 0 Å². The smallest absolute Gasteiger partial charge is 0.122 e. The minimum atomic E-state index is 0.615. The van der Waals surface area contributed by atoms with E-state index in [0.717, 1.165) is 5.75 Å². The summed E-state index contributed by atoms with van der Waals surface area (Å²) >= 11 is 0. The molecule has 0 spiro atoms. The summed E-state index contributed by atoms with van der Waals surface area (Å²) in [5, 5.41) is 0. The van der Waals surface area contributed by atoms with E-state index in [1.807, 2.05) is 0 Å². The Morgan fingerprint density at radius 1 is 1.25 bits per heavy atom. The molecule has 1 aliphatic rings. The van der Waals surface area contributed by atoms with Crippen molar-refractivity contribution in [3.05, 3.63) is 29.3 Å². The highest BCUT2D eigenvalue weighted by Crippen LogP contribution is 2.37. The third kappa shape index (κ3) is 2.38. The lowest BCUT2D eigenvalue weighted by atomic mass is 9.83. The summed E-state index contributed by atoms with van der Waals surface area (Å²) in [7, 11) is 1.75. The fourth-order valence-corrected chi connectivity index (χ4v) is 2.64. The van der Waals surface area contributed by atoms with Gasteiger partial charge in [-0.3, -0.25) is 0 Å². The van der Waals surface area contributed by atoms with Gasteiger partial charge in [0.1, 0.15) is 5.75 Å². The van der Waals surface area contributed by atoms with Crippen molar-refractivity contribution in [2.45, 2.75) is 44.6 Å². The minimum Gasteiger partial charge on any atom is -0.496 e. The van der Waals surface area contributed by atoms with E-state index in [-0.39, 0.29) is 0 Å². The van der Waals surface area contributed by atoms with Gasteiger partial charge in [-0.1, -0.05) is 31.4 Å². The highest BCUT2D eigenvalue weighted by atomic mass is 16.5. The summed E-state index contributed by atoms with van der Waals surface area (Å²) in [5.74, 6) is 1.71. The van der Waals surface area contributed by atoms with Crippen LogP contribution in [0, 0.1) is 0 Å². The topological polar surface area (TPSA) is 35.2 Å². The molecule has 0 saturated heterocycles. The van der Waals surface area contributed by atoms with Crippen LogP contribution in [0.15, 0.2) is 18.2 Å². The third-order valence-corrected chi connectivity index (χ3v) is 3.57. The number of rotatable bonds is 3. The molecule has 0 bridgehead atoms. The molecule has 1 aromatic carbocycles. The van der Waals surface area contributed by atoms with E-state index in [1.165, 1.54) is 43.2 Å². The van der Waals surface area contributed by atoms with Crippen LogP contribution < -0.4 is 10.5 Å². The Bertz CT molecular complexity index is 343. The molecule has 1 saturated carbocycles. The molecule has 0 aliphatic heterocycles. The van der Waals surface area contributed by atoms with E-state index >= 15 is 0 Å². The molecule has 0 heterocycles. The monoisotopic (exact) mass is 219 g/mol. The molecule has 2 rings (SSSR count). The molecule has 2 nitrogen and oxygen atoms in total. The fourth-order valence-electron chi connectivity index (χ4n) is 2.64. The van der Waals surface area contributed by atoms with Crippen molar-refractivity contribution in [1.82, 2.24) is 0 Å². The van der Waals surface area contributed by atoms with Crippen LogP contribution in [-0.4, -0.2) is 7.11 Å². The van der Waals surface area contributed by atoms with Gasteiger partial charge in [-0.25, -0.2) is 0 Å². The number of benzene rings is 1. The maximum Gasteiger partial charge on any atom is 0.122 e. The molecule has 1 aromatic rings. The lowest BCUT2D eigenvalue weighted by Gasteiger charge is -2.24. The average Bonchev–Trinajstić information content (AvgIpc) is 2.39. The van der Waals surface area contributed by atoms with Gasteiger partial charge in [0.05, 0.1) is 7.11 Å². The predicted molar refractivity (Wildman–Crippen MR) is 66.7 cm³/mol. The number of hydrogen-bond acceptors (Lipinski definition) is 2. The molecule has 0 atom stereocenters. The normalized spacial score (nSPS) is 17.4. The minimum absolute atomic E-state index is 0.615. The van der Waals surface area contributed by atoms with Gasteiger partial charge in [0.25, 0.3) is 0 Å². The Morgan fingerprint density at radius 2 is 2.00 bits per heavy atom. The maximum atomic E-state index is 5.70. The lowest BCUT2D eigenvalue weighted by Crippen LogP contribution is -2.07. The molecule has 0 amide bonds. The molecular formula is C14H21NO. The molecule has 16 heavy (non-hydrogen) atoms. The first-order valence-electron chi connectivity index (χ1n) is 6.22. The molecule has 0 unspecified atom stereocenters. The first-order chi connectivity index (χ1) is 7.85. The van der Waals surface area contributed by atoms with Gasteiger partial charge < -0.3 is 10.5 Å². The molecule has 0 radical (unpaired) electrons. The van der Waals surface area contributed by atoms with Crippen molar-refractivity contribution < 1.29 is 4.74 Å². The summed E-state index contributed by atoms with van der Waals surface area (Å²) in [6, 6.07) is 6.35. The number of ether oxygens (including phenoxy) is 1. The van der Waals surface area contributed by atoms with Crippen LogP contribution in [-0.2, 0) is 6.54 Å². The number of nitrogens with two attached hydrogens (primary N) is 1. The Labute approximate surface area is 97.8 Å². The maximum absolute atomic E-state index is 5.70. The van der Waals surface area contributed by atoms with Crippen molar-refractivity contribution in [1.29, 1.82) is 0 Å². The third-order valence-electron chi connectivity index (χ3n) is 3.57. The van der Waals surface area contributed by atoms with E-state index in [1.54, 1.807) is 7.11 Å². The van der Waals surface area contributed by atoms with Gasteiger partial charge in [-0.2, -0.15) is 0 Å². The van der Waals surface area contributed by atoms with Crippen LogP contribution in [0.5, 0.6) is 5.75 Å². The standard InChI is InChI=1S/C14H21NO/c1-16-14-8-7-11(10-15)9-13(14)12-5-3-2-4-6-12/h7-9,12H,2-6,10,15H2,1H3. The fraction of sp³-hybridized carbons (Fsp3) is 0.571. The van der Waals surface area contributed by atoms with E-state index in [4.69, 9.17) is 10.5 Å². The zero-order chi connectivity index (χ0) is 11.4. The Hall–Kier alpha value is -1.02. The molecular weight excluding hydrogens is 198 g/mol. The quantitative estimate of drug-likeness (QED) is 0.847. The highest BCUT2D eigenvalue weighted by Gasteiger charge is 2.19. The van der Waals surface area contributed by atoms with Gasteiger partial charge in [0, 0.05) is 6.54 Å². The van der Waals surface area contributed by atoms with E-state index in [2.05, 4.69) is 18.2 Å². The molecule has 88 valence electrons. The van der Waals surface area contributed by atoms with Crippen molar-refractivity contribution in [3.63, 3.8) is 0 Å². The summed E-state index contributed by atoms with van der Waals surface area (Å²) in [6.45, 7) is 0.615. The zero-order valence-corrected chi connectivity index (χ0v) is 10.0. The highest BCUT2D eigenvalue weighted by molar-refractivity contribution is 5.40. The Morgan fingerprint density at radius 3 is 2.62 bits per heavy atom. The van der Waals surface area contributed by atoms with Crippen molar-refractivity contribution in [2.24, 2.45) is 5.73 Å². The van der Waals surface area contributed by atoms with E-state index < -0.39 is 0 Å². The number of methoxy groups -OCH3 is 1. The molecule has 0 aromatic heterocycles. The van der Waals surface area contributed by atoms with Crippen LogP contribution in [0.2, 0.25) is 0 Å². The first-order valence-corrected chi connectivity index (χ1v) is 6.22. The first kappa shape index (κ1) is 11.5. The number of hydrogen-bond donors (Lipinski definition) is 1. The van der Waals surface area contributed by atoms with Crippen LogP contribution >= 0.6 is 0 Å². The Kier molecular flexibility index (Phi) is 3.83. The van der Waals surface area contributed by atoms with Gasteiger partial charge in [-0.05, 0) is 36.0 Å². The van der Waals surface area contributed by atoms with Crippen LogP contribution in [0.25, 0.3) is 0 Å². The molecule has 2 N–H and O–H groups in total. The van der Waals surface area contributed by atoms with Crippen molar-refractivity contribution >= 4 is 0 Å². The second-order valence-electron chi connectivity index (χ2n) is 4.62. The summed E-state index contributed by atoms with van der Waals surface area (Å²) in [6.07, 6.45) is 6.67. The van der Waals surface area contributed by atoms with Crippen LogP contribution in [0.4, 0.5) is 0 Å². The van der Waals surface area contributed by atoms with Crippen LogP contribution in [0.1, 0.15) is 49.1 Å². The summed E-state index contributed by atoms with van der Waals surface area (Å²) in [4.78, 5) is 0. The molecule has 2 heteroatoms. The van der Waals surface area contributed by atoms with Gasteiger partial charge in [-0.15, -0.1) is 0 Å². The van der Waals surface area contributed by atoms with Gasteiger partial charge in [0.2, 0.25) is 0 Å².